The summed E-state index contributed by atoms with van der Waals surface area (Å²) in [5.74, 6) is -0.945. The maximum Gasteiger partial charge on any atom is 0.303 e. The highest BCUT2D eigenvalue weighted by molar-refractivity contribution is 6.07. The van der Waals surface area contributed by atoms with E-state index in [1.807, 2.05) is 65.4 Å². The Morgan fingerprint density at radius 1 is 1.07 bits per heavy atom. The molecule has 0 bridgehead atoms. The predicted octanol–water partition coefficient (Wildman–Crippen LogP) is 3.79. The van der Waals surface area contributed by atoms with Crippen molar-refractivity contribution in [1.82, 2.24) is 9.47 Å². The number of carbonyl (C=O) groups is 2. The number of carboxylic acid groups (broad SMARTS) is 1. The summed E-state index contributed by atoms with van der Waals surface area (Å²) in [4.78, 5) is 26.1. The van der Waals surface area contributed by atoms with E-state index in [9.17, 15) is 9.59 Å². The van der Waals surface area contributed by atoms with Crippen LogP contribution in [0.1, 0.15) is 28.8 Å². The molecule has 0 fully saturated rings. The van der Waals surface area contributed by atoms with Crippen LogP contribution < -0.4 is 0 Å². The highest BCUT2D eigenvalue weighted by atomic mass is 16.5. The summed E-state index contributed by atoms with van der Waals surface area (Å²) in [7, 11) is 1.65. The minimum Gasteiger partial charge on any atom is -0.481 e. The third kappa shape index (κ3) is 5.23. The Labute approximate surface area is 170 Å². The molecule has 0 aliphatic heterocycles. The smallest absolute Gasteiger partial charge is 0.303 e. The van der Waals surface area contributed by atoms with Crippen LogP contribution in [-0.2, 0) is 22.6 Å². The third-order valence-corrected chi connectivity index (χ3v) is 4.88. The van der Waals surface area contributed by atoms with E-state index in [4.69, 9.17) is 9.84 Å². The minimum absolute atomic E-state index is 0.0359. The van der Waals surface area contributed by atoms with E-state index < -0.39 is 5.97 Å². The Bertz CT molecular complexity index is 965. The van der Waals surface area contributed by atoms with Crippen molar-refractivity contribution in [2.75, 3.05) is 20.3 Å². The molecule has 6 nitrogen and oxygen atoms in total. The topological polar surface area (TPSA) is 71.8 Å². The van der Waals surface area contributed by atoms with Crippen LogP contribution >= 0.6 is 0 Å². The summed E-state index contributed by atoms with van der Waals surface area (Å²) >= 11 is 0. The number of hydrogen-bond donors (Lipinski definition) is 1. The molecule has 1 aromatic heterocycles. The average Bonchev–Trinajstić information content (AvgIpc) is 3.10. The molecule has 0 saturated carbocycles. The van der Waals surface area contributed by atoms with Crippen LogP contribution in [0.2, 0.25) is 0 Å². The fourth-order valence-electron chi connectivity index (χ4n) is 3.44. The second kappa shape index (κ2) is 9.89. The van der Waals surface area contributed by atoms with Gasteiger partial charge in [-0.2, -0.15) is 0 Å². The fourth-order valence-corrected chi connectivity index (χ4v) is 3.44. The standard InChI is InChI=1S/C23H26N2O4/c1-29-15-14-24-17-20(19-10-5-6-11-21(19)24)23(28)25(13-7-12-22(26)27)16-18-8-3-2-4-9-18/h2-6,8-11,17H,7,12-16H2,1H3,(H,26,27). The molecular formula is C23H26N2O4. The van der Waals surface area contributed by atoms with Gasteiger partial charge in [0.25, 0.3) is 5.91 Å². The van der Waals surface area contributed by atoms with Crippen LogP contribution in [0.4, 0.5) is 0 Å². The van der Waals surface area contributed by atoms with E-state index in [-0.39, 0.29) is 12.3 Å². The van der Waals surface area contributed by atoms with Gasteiger partial charge < -0.3 is 19.3 Å². The van der Waals surface area contributed by atoms with Gasteiger partial charge in [-0.05, 0) is 18.1 Å². The summed E-state index contributed by atoms with van der Waals surface area (Å²) < 4.78 is 7.23. The van der Waals surface area contributed by atoms with Gasteiger partial charge in [-0.15, -0.1) is 0 Å². The van der Waals surface area contributed by atoms with Gasteiger partial charge in [0, 0.05) is 50.3 Å². The molecule has 6 heteroatoms. The second-order valence-corrected chi connectivity index (χ2v) is 6.96. The van der Waals surface area contributed by atoms with Gasteiger partial charge >= 0.3 is 5.97 Å². The van der Waals surface area contributed by atoms with Crippen molar-refractivity contribution in [2.24, 2.45) is 0 Å². The number of fused-ring (bicyclic) bond motifs is 1. The van der Waals surface area contributed by atoms with Crippen molar-refractivity contribution < 1.29 is 19.4 Å². The number of nitrogens with zero attached hydrogens (tertiary/aromatic N) is 2. The van der Waals surface area contributed by atoms with E-state index in [0.29, 0.717) is 38.2 Å². The first-order valence-electron chi connectivity index (χ1n) is 9.72. The molecule has 2 aromatic carbocycles. The molecule has 3 rings (SSSR count). The zero-order valence-corrected chi connectivity index (χ0v) is 16.6. The lowest BCUT2D eigenvalue weighted by atomic mass is 10.1. The molecule has 1 amide bonds. The Morgan fingerprint density at radius 2 is 1.79 bits per heavy atom. The van der Waals surface area contributed by atoms with Gasteiger partial charge in [0.2, 0.25) is 0 Å². The normalized spacial score (nSPS) is 10.9. The molecule has 0 aliphatic carbocycles. The Kier molecular flexibility index (Phi) is 7.03. The quantitative estimate of drug-likeness (QED) is 0.568. The lowest BCUT2D eigenvalue weighted by Crippen LogP contribution is -2.31. The van der Waals surface area contributed by atoms with E-state index in [0.717, 1.165) is 16.5 Å². The van der Waals surface area contributed by atoms with Crippen molar-refractivity contribution in [1.29, 1.82) is 0 Å². The van der Waals surface area contributed by atoms with Crippen molar-refractivity contribution >= 4 is 22.8 Å². The molecule has 0 unspecified atom stereocenters. The van der Waals surface area contributed by atoms with Crippen LogP contribution in [0.25, 0.3) is 10.9 Å². The Hall–Kier alpha value is -3.12. The molecule has 1 N–H and O–H groups in total. The Morgan fingerprint density at radius 3 is 2.52 bits per heavy atom. The predicted molar refractivity (Wildman–Crippen MR) is 112 cm³/mol. The van der Waals surface area contributed by atoms with Gasteiger partial charge in [0.05, 0.1) is 12.2 Å². The molecule has 3 aromatic rings. The zero-order valence-electron chi connectivity index (χ0n) is 16.6. The van der Waals surface area contributed by atoms with E-state index >= 15 is 0 Å². The van der Waals surface area contributed by atoms with E-state index in [1.54, 1.807) is 12.0 Å². The molecule has 0 atom stereocenters. The molecule has 0 spiro atoms. The molecular weight excluding hydrogens is 368 g/mol. The molecule has 29 heavy (non-hydrogen) atoms. The minimum atomic E-state index is -0.853. The SMILES string of the molecule is COCCn1cc(C(=O)N(CCCC(=O)O)Cc2ccccc2)c2ccccc21. The molecule has 152 valence electrons. The number of para-hydroxylation sites is 1. The third-order valence-electron chi connectivity index (χ3n) is 4.88. The van der Waals surface area contributed by atoms with Crippen LogP contribution in [-0.4, -0.2) is 46.7 Å². The fraction of sp³-hybridized carbons (Fsp3) is 0.304. The molecule has 0 radical (unpaired) electrons. The number of amides is 1. The second-order valence-electron chi connectivity index (χ2n) is 6.96. The van der Waals surface area contributed by atoms with E-state index in [1.165, 1.54) is 0 Å². The number of ether oxygens (including phenoxy) is 1. The lowest BCUT2D eigenvalue weighted by molar-refractivity contribution is -0.137. The summed E-state index contributed by atoms with van der Waals surface area (Å²) in [5.41, 5.74) is 2.63. The number of carboxylic acids is 1. The number of rotatable bonds is 10. The average molecular weight is 394 g/mol. The van der Waals surface area contributed by atoms with Crippen molar-refractivity contribution in [3.05, 3.63) is 71.9 Å². The largest absolute Gasteiger partial charge is 0.481 e. The monoisotopic (exact) mass is 394 g/mol. The van der Waals surface area contributed by atoms with E-state index in [2.05, 4.69) is 0 Å². The maximum absolute atomic E-state index is 13.5. The van der Waals surface area contributed by atoms with Crippen LogP contribution in [0.15, 0.2) is 60.8 Å². The number of methoxy groups -OCH3 is 1. The van der Waals surface area contributed by atoms with Crippen LogP contribution in [0.5, 0.6) is 0 Å². The van der Waals surface area contributed by atoms with Gasteiger partial charge in [0.1, 0.15) is 0 Å². The van der Waals surface area contributed by atoms with Crippen LogP contribution in [0, 0.1) is 0 Å². The maximum atomic E-state index is 13.5. The first kappa shape index (κ1) is 20.6. The summed E-state index contributed by atoms with van der Waals surface area (Å²) in [6.45, 7) is 2.04. The van der Waals surface area contributed by atoms with Crippen LogP contribution in [0.3, 0.4) is 0 Å². The van der Waals surface area contributed by atoms with Gasteiger partial charge in [-0.25, -0.2) is 0 Å². The molecule has 1 heterocycles. The van der Waals surface area contributed by atoms with Crippen molar-refractivity contribution in [3.8, 4) is 0 Å². The van der Waals surface area contributed by atoms with Gasteiger partial charge in [-0.1, -0.05) is 48.5 Å². The number of carbonyl (C=O) groups excluding carboxylic acids is 1. The first-order chi connectivity index (χ1) is 14.1. The number of hydrogen-bond acceptors (Lipinski definition) is 3. The highest BCUT2D eigenvalue weighted by Crippen LogP contribution is 2.24. The highest BCUT2D eigenvalue weighted by Gasteiger charge is 2.21. The van der Waals surface area contributed by atoms with Crippen molar-refractivity contribution in [2.45, 2.75) is 25.9 Å². The number of aliphatic carboxylic acids is 1. The van der Waals surface area contributed by atoms with Gasteiger partial charge in [-0.3, -0.25) is 9.59 Å². The summed E-state index contributed by atoms with van der Waals surface area (Å²) in [6.07, 6.45) is 2.32. The summed E-state index contributed by atoms with van der Waals surface area (Å²) in [5, 5.41) is 9.87. The molecule has 0 saturated heterocycles. The molecule has 0 aliphatic rings. The first-order valence-corrected chi connectivity index (χ1v) is 9.72. The van der Waals surface area contributed by atoms with Gasteiger partial charge in [0.15, 0.2) is 0 Å². The number of benzene rings is 2. The Balaban J connectivity index is 1.90. The lowest BCUT2D eigenvalue weighted by Gasteiger charge is -2.22. The summed E-state index contributed by atoms with van der Waals surface area (Å²) in [6, 6.07) is 17.6. The zero-order chi connectivity index (χ0) is 20.6. The van der Waals surface area contributed by atoms with Crippen molar-refractivity contribution in [3.63, 3.8) is 0 Å². The number of aromatic nitrogens is 1.